The summed E-state index contributed by atoms with van der Waals surface area (Å²) in [5.74, 6) is -0.211. The number of carboxylic acid groups (broad SMARTS) is 1. The molecule has 0 aliphatic rings. The van der Waals surface area contributed by atoms with Gasteiger partial charge in [0.2, 0.25) is 0 Å². The smallest absolute Gasteiger partial charge is 0.337 e. The fourth-order valence-electron chi connectivity index (χ4n) is 2.14. The van der Waals surface area contributed by atoms with Crippen LogP contribution < -0.4 is 10.1 Å². The van der Waals surface area contributed by atoms with Gasteiger partial charge in [0.1, 0.15) is 10.8 Å². The molecule has 0 saturated heterocycles. The first kappa shape index (κ1) is 15.9. The number of nitrogens with one attached hydrogen (secondary N) is 1. The zero-order valence-electron chi connectivity index (χ0n) is 12.9. The summed E-state index contributed by atoms with van der Waals surface area (Å²) >= 11 is 1.54. The van der Waals surface area contributed by atoms with Gasteiger partial charge in [-0.3, -0.25) is 4.98 Å². The van der Waals surface area contributed by atoms with Gasteiger partial charge in [-0.1, -0.05) is 12.1 Å². The highest BCUT2D eigenvalue weighted by molar-refractivity contribution is 7.09. The molecule has 3 aromatic rings. The molecule has 0 radical (unpaired) electrons. The van der Waals surface area contributed by atoms with Crippen molar-refractivity contribution in [1.29, 1.82) is 0 Å². The summed E-state index contributed by atoms with van der Waals surface area (Å²) < 4.78 is 5.23. The van der Waals surface area contributed by atoms with Crippen LogP contribution in [0.3, 0.4) is 0 Å². The quantitative estimate of drug-likeness (QED) is 0.713. The maximum absolute atomic E-state index is 11.0. The van der Waals surface area contributed by atoms with Crippen LogP contribution in [0.2, 0.25) is 0 Å². The second kappa shape index (κ2) is 7.10. The summed E-state index contributed by atoms with van der Waals surface area (Å²) in [7, 11) is 1.63. The number of hydrogen-bond donors (Lipinski definition) is 2. The van der Waals surface area contributed by atoms with Crippen molar-refractivity contribution in [2.75, 3.05) is 12.4 Å². The first-order valence-corrected chi connectivity index (χ1v) is 8.05. The van der Waals surface area contributed by atoms with Gasteiger partial charge >= 0.3 is 5.97 Å². The van der Waals surface area contributed by atoms with Crippen molar-refractivity contribution < 1.29 is 14.6 Å². The molecule has 0 saturated carbocycles. The van der Waals surface area contributed by atoms with E-state index in [9.17, 15) is 4.79 Å². The fraction of sp³-hybridized carbons (Fsp3) is 0.118. The van der Waals surface area contributed by atoms with E-state index in [0.717, 1.165) is 22.0 Å². The number of aromatic nitrogens is 2. The van der Waals surface area contributed by atoms with E-state index in [-0.39, 0.29) is 5.56 Å². The number of rotatable bonds is 6. The van der Waals surface area contributed by atoms with E-state index < -0.39 is 5.97 Å². The lowest BCUT2D eigenvalue weighted by Crippen LogP contribution is -2.02. The van der Waals surface area contributed by atoms with E-state index in [4.69, 9.17) is 9.84 Å². The van der Waals surface area contributed by atoms with Gasteiger partial charge in [-0.15, -0.1) is 11.3 Å². The van der Waals surface area contributed by atoms with Crippen molar-refractivity contribution in [2.24, 2.45) is 0 Å². The number of pyridine rings is 1. The molecule has 0 aliphatic heterocycles. The molecule has 3 rings (SSSR count). The number of aromatic carboxylic acids is 1. The van der Waals surface area contributed by atoms with Crippen molar-refractivity contribution in [3.8, 4) is 17.0 Å². The van der Waals surface area contributed by atoms with E-state index in [2.05, 4.69) is 15.3 Å². The number of carboxylic acids is 1. The van der Waals surface area contributed by atoms with Crippen LogP contribution in [0.25, 0.3) is 11.3 Å². The van der Waals surface area contributed by atoms with Crippen LogP contribution in [0, 0.1) is 0 Å². The Balaban J connectivity index is 1.70. The molecular formula is C17H15N3O3S. The van der Waals surface area contributed by atoms with E-state index in [0.29, 0.717) is 12.2 Å². The van der Waals surface area contributed by atoms with E-state index >= 15 is 0 Å². The molecule has 0 aliphatic carbocycles. The van der Waals surface area contributed by atoms with Crippen LogP contribution in [0.1, 0.15) is 15.4 Å². The SMILES string of the molecule is COc1cccc(-c2csc(CNc3cncc(C(=O)O)c3)n2)c1. The second-order valence-electron chi connectivity index (χ2n) is 4.98. The molecule has 0 bridgehead atoms. The van der Waals surface area contributed by atoms with Gasteiger partial charge in [0.15, 0.2) is 0 Å². The molecule has 122 valence electrons. The summed E-state index contributed by atoms with van der Waals surface area (Å²) in [5.41, 5.74) is 2.67. The molecular weight excluding hydrogens is 326 g/mol. The zero-order chi connectivity index (χ0) is 16.9. The van der Waals surface area contributed by atoms with E-state index in [1.54, 1.807) is 19.4 Å². The predicted molar refractivity (Wildman–Crippen MR) is 92.6 cm³/mol. The first-order valence-electron chi connectivity index (χ1n) is 7.17. The Morgan fingerprint density at radius 1 is 1.33 bits per heavy atom. The normalized spacial score (nSPS) is 10.4. The summed E-state index contributed by atoms with van der Waals surface area (Å²) in [6, 6.07) is 9.28. The van der Waals surface area contributed by atoms with E-state index in [1.165, 1.54) is 17.5 Å². The Labute approximate surface area is 142 Å². The molecule has 2 aromatic heterocycles. The molecule has 0 fully saturated rings. The van der Waals surface area contributed by atoms with Gasteiger partial charge in [0.05, 0.1) is 30.6 Å². The summed E-state index contributed by atoms with van der Waals surface area (Å²) in [5, 5.41) is 15.0. The lowest BCUT2D eigenvalue weighted by molar-refractivity contribution is 0.0696. The molecule has 0 spiro atoms. The van der Waals surface area contributed by atoms with Crippen molar-refractivity contribution in [1.82, 2.24) is 9.97 Å². The van der Waals surface area contributed by atoms with Gasteiger partial charge in [0.25, 0.3) is 0 Å². The lowest BCUT2D eigenvalue weighted by Gasteiger charge is -2.04. The number of hydrogen-bond acceptors (Lipinski definition) is 6. The Morgan fingerprint density at radius 3 is 3.00 bits per heavy atom. The highest BCUT2D eigenvalue weighted by Gasteiger charge is 2.07. The summed E-state index contributed by atoms with van der Waals surface area (Å²) in [6.45, 7) is 0.499. The average Bonchev–Trinajstić information content (AvgIpc) is 3.09. The van der Waals surface area contributed by atoms with Crippen LogP contribution in [-0.2, 0) is 6.54 Å². The molecule has 2 N–H and O–H groups in total. The van der Waals surface area contributed by atoms with Crippen molar-refractivity contribution in [2.45, 2.75) is 6.54 Å². The number of nitrogens with zero attached hydrogens (tertiary/aromatic N) is 2. The van der Waals surface area contributed by atoms with Crippen molar-refractivity contribution >= 4 is 23.0 Å². The third-order valence-electron chi connectivity index (χ3n) is 3.35. The monoisotopic (exact) mass is 341 g/mol. The maximum Gasteiger partial charge on any atom is 0.337 e. The molecule has 0 amide bonds. The molecule has 0 atom stereocenters. The Morgan fingerprint density at radius 2 is 2.21 bits per heavy atom. The molecule has 7 heteroatoms. The molecule has 0 unspecified atom stereocenters. The Bertz CT molecular complexity index is 864. The lowest BCUT2D eigenvalue weighted by atomic mass is 10.2. The molecule has 6 nitrogen and oxygen atoms in total. The Hall–Kier alpha value is -2.93. The van der Waals surface area contributed by atoms with Gasteiger partial charge in [-0.05, 0) is 18.2 Å². The number of thiazole rings is 1. The van der Waals surface area contributed by atoms with Crippen LogP contribution in [0.4, 0.5) is 5.69 Å². The predicted octanol–water partition coefficient (Wildman–Crippen LogP) is 3.52. The van der Waals surface area contributed by atoms with Crippen LogP contribution >= 0.6 is 11.3 Å². The fourth-order valence-corrected chi connectivity index (χ4v) is 2.88. The minimum atomic E-state index is -0.999. The highest BCUT2D eigenvalue weighted by atomic mass is 32.1. The van der Waals surface area contributed by atoms with Gasteiger partial charge in [0, 0.05) is 23.3 Å². The standard InChI is InChI=1S/C17H15N3O3S/c1-23-14-4-2-3-11(6-14)15-10-24-16(20-15)9-19-13-5-12(17(21)22)7-18-8-13/h2-8,10,19H,9H2,1H3,(H,21,22). The molecule has 1 aromatic carbocycles. The minimum absolute atomic E-state index is 0.149. The van der Waals surface area contributed by atoms with Crippen LogP contribution in [0.5, 0.6) is 5.75 Å². The van der Waals surface area contributed by atoms with Crippen molar-refractivity contribution in [3.63, 3.8) is 0 Å². The van der Waals surface area contributed by atoms with Crippen LogP contribution in [-0.4, -0.2) is 28.2 Å². The van der Waals surface area contributed by atoms with Gasteiger partial charge in [-0.25, -0.2) is 9.78 Å². The molecule has 24 heavy (non-hydrogen) atoms. The summed E-state index contributed by atoms with van der Waals surface area (Å²) in [4.78, 5) is 19.5. The van der Waals surface area contributed by atoms with Gasteiger partial charge < -0.3 is 15.2 Å². The summed E-state index contributed by atoms with van der Waals surface area (Å²) in [6.07, 6.45) is 2.90. The zero-order valence-corrected chi connectivity index (χ0v) is 13.7. The highest BCUT2D eigenvalue weighted by Crippen LogP contribution is 2.25. The third-order valence-corrected chi connectivity index (χ3v) is 4.19. The average molecular weight is 341 g/mol. The maximum atomic E-state index is 11.0. The number of ether oxygens (including phenoxy) is 1. The number of anilines is 1. The largest absolute Gasteiger partial charge is 0.497 e. The second-order valence-corrected chi connectivity index (χ2v) is 5.92. The topological polar surface area (TPSA) is 84.3 Å². The van der Waals surface area contributed by atoms with Crippen molar-refractivity contribution in [3.05, 3.63) is 58.7 Å². The Kier molecular flexibility index (Phi) is 4.72. The number of carbonyl (C=O) groups is 1. The van der Waals surface area contributed by atoms with Crippen LogP contribution in [0.15, 0.2) is 48.1 Å². The van der Waals surface area contributed by atoms with E-state index in [1.807, 2.05) is 29.6 Å². The number of benzene rings is 1. The third kappa shape index (κ3) is 3.69. The minimum Gasteiger partial charge on any atom is -0.497 e. The number of methoxy groups -OCH3 is 1. The molecule has 2 heterocycles. The van der Waals surface area contributed by atoms with Gasteiger partial charge in [-0.2, -0.15) is 0 Å². The first-order chi connectivity index (χ1) is 11.7.